The molecule has 11 heteroatoms. The van der Waals surface area contributed by atoms with Gasteiger partial charge in [0.05, 0.1) is 6.61 Å². The van der Waals surface area contributed by atoms with Gasteiger partial charge in [-0.15, -0.1) is 20.4 Å². The van der Waals surface area contributed by atoms with Crippen LogP contribution in [0.2, 0.25) is 0 Å². The second kappa shape index (κ2) is 13.2. The van der Waals surface area contributed by atoms with Crippen LogP contribution in [-0.2, 0) is 0 Å². The van der Waals surface area contributed by atoms with Crippen LogP contribution in [0.15, 0.2) is 78.9 Å². The number of H-pyrrole nitrogens is 2. The average Bonchev–Trinajstić information content (AvgIpc) is 3.77. The highest BCUT2D eigenvalue weighted by molar-refractivity contribution is 6.05. The van der Waals surface area contributed by atoms with Crippen LogP contribution in [0.5, 0.6) is 5.75 Å². The van der Waals surface area contributed by atoms with Gasteiger partial charge in [-0.2, -0.15) is 10.4 Å². The smallest absolute Gasteiger partial charge is 0.258 e. The molecule has 1 fully saturated rings. The Balaban J connectivity index is 0.000000162. The molecule has 0 aliphatic heterocycles. The zero-order valence-electron chi connectivity index (χ0n) is 22.3. The molecule has 1 amide bonds. The van der Waals surface area contributed by atoms with Crippen molar-refractivity contribution >= 4 is 11.6 Å². The minimum atomic E-state index is -0.0686. The van der Waals surface area contributed by atoms with E-state index in [1.165, 1.54) is 32.1 Å². The van der Waals surface area contributed by atoms with E-state index in [0.717, 1.165) is 35.1 Å². The van der Waals surface area contributed by atoms with Crippen molar-refractivity contribution < 1.29 is 9.53 Å². The Kier molecular flexibility index (Phi) is 8.82. The van der Waals surface area contributed by atoms with E-state index in [4.69, 9.17) is 4.74 Å². The molecule has 2 N–H and O–H groups in total. The standard InChI is InChI=1S/C15H13N5O.C14H18N4O/c1-20(13-5-3-2-4-6-13)15(21)12-9-7-11(8-10-12)14-16-18-19-17-14;1-2-4-11(5-3-1)10-19-13-8-6-12(7-9-13)14-15-17-18-16-14/h2-10H,1H3,(H,16,17,18,19);6-9,11H,1-5,10H2,(H,15,16,17,18). The first-order valence-electron chi connectivity index (χ1n) is 13.3. The highest BCUT2D eigenvalue weighted by atomic mass is 16.5. The number of carbonyl (C=O) groups excluding carboxylic acids is 1. The fraction of sp³-hybridized carbons (Fsp3) is 0.276. The summed E-state index contributed by atoms with van der Waals surface area (Å²) in [5.41, 5.74) is 3.21. The Morgan fingerprint density at radius 2 is 1.38 bits per heavy atom. The number of nitrogens with one attached hydrogen (secondary N) is 2. The predicted molar refractivity (Wildman–Crippen MR) is 150 cm³/mol. The van der Waals surface area contributed by atoms with Gasteiger partial charge in [-0.1, -0.05) is 49.6 Å². The number of nitrogens with zero attached hydrogens (tertiary/aromatic N) is 7. The summed E-state index contributed by atoms with van der Waals surface area (Å²) in [6.45, 7) is 0.835. The van der Waals surface area contributed by atoms with Crippen molar-refractivity contribution in [3.63, 3.8) is 0 Å². The van der Waals surface area contributed by atoms with Crippen LogP contribution in [0.3, 0.4) is 0 Å². The Hall–Kier alpha value is -4.93. The summed E-state index contributed by atoms with van der Waals surface area (Å²) in [6.07, 6.45) is 6.70. The maximum Gasteiger partial charge on any atom is 0.258 e. The quantitative estimate of drug-likeness (QED) is 0.297. The van der Waals surface area contributed by atoms with Crippen molar-refractivity contribution in [3.8, 4) is 28.5 Å². The molecule has 0 bridgehead atoms. The average molecular weight is 538 g/mol. The summed E-state index contributed by atoms with van der Waals surface area (Å²) in [7, 11) is 1.75. The van der Waals surface area contributed by atoms with E-state index in [9.17, 15) is 4.79 Å². The number of para-hydroxylation sites is 1. The van der Waals surface area contributed by atoms with Gasteiger partial charge >= 0.3 is 0 Å². The second-order valence-electron chi connectivity index (χ2n) is 9.59. The van der Waals surface area contributed by atoms with Gasteiger partial charge in [0.2, 0.25) is 11.6 Å². The molecule has 1 aliphatic rings. The summed E-state index contributed by atoms with van der Waals surface area (Å²) in [4.78, 5) is 14.0. The predicted octanol–water partition coefficient (Wildman–Crippen LogP) is 4.97. The molecular weight excluding hydrogens is 506 g/mol. The second-order valence-corrected chi connectivity index (χ2v) is 9.59. The number of rotatable bonds is 7. The fourth-order valence-corrected chi connectivity index (χ4v) is 4.56. The molecule has 0 spiro atoms. The van der Waals surface area contributed by atoms with Gasteiger partial charge in [0.1, 0.15) is 5.75 Å². The highest BCUT2D eigenvalue weighted by Gasteiger charge is 2.15. The summed E-state index contributed by atoms with van der Waals surface area (Å²) < 4.78 is 5.85. The van der Waals surface area contributed by atoms with Crippen LogP contribution in [0.25, 0.3) is 22.8 Å². The van der Waals surface area contributed by atoms with Crippen molar-refractivity contribution in [2.75, 3.05) is 18.6 Å². The van der Waals surface area contributed by atoms with Crippen LogP contribution < -0.4 is 9.64 Å². The van der Waals surface area contributed by atoms with Crippen molar-refractivity contribution in [1.29, 1.82) is 0 Å². The lowest BCUT2D eigenvalue weighted by atomic mass is 9.90. The van der Waals surface area contributed by atoms with Gasteiger partial charge in [0.15, 0.2) is 0 Å². The normalized spacial score (nSPS) is 13.2. The van der Waals surface area contributed by atoms with Gasteiger partial charge in [-0.25, -0.2) is 0 Å². The largest absolute Gasteiger partial charge is 0.493 e. The van der Waals surface area contributed by atoms with E-state index >= 15 is 0 Å². The van der Waals surface area contributed by atoms with E-state index in [2.05, 4.69) is 41.2 Å². The Labute approximate surface area is 232 Å². The molecule has 2 heterocycles. The van der Waals surface area contributed by atoms with E-state index in [-0.39, 0.29) is 5.91 Å². The molecule has 0 unspecified atom stereocenters. The van der Waals surface area contributed by atoms with Crippen LogP contribution in [-0.4, -0.2) is 60.8 Å². The van der Waals surface area contributed by atoms with E-state index in [0.29, 0.717) is 17.2 Å². The minimum Gasteiger partial charge on any atom is -0.493 e. The Morgan fingerprint density at radius 1 is 0.800 bits per heavy atom. The van der Waals surface area contributed by atoms with Gasteiger partial charge in [-0.3, -0.25) is 4.79 Å². The lowest BCUT2D eigenvalue weighted by Gasteiger charge is -2.21. The van der Waals surface area contributed by atoms with Crippen LogP contribution in [0.4, 0.5) is 5.69 Å². The van der Waals surface area contributed by atoms with Crippen molar-refractivity contribution in [2.24, 2.45) is 5.92 Å². The van der Waals surface area contributed by atoms with Crippen molar-refractivity contribution in [1.82, 2.24) is 41.2 Å². The molecular formula is C29H31N9O2. The monoisotopic (exact) mass is 537 g/mol. The number of amides is 1. The third kappa shape index (κ3) is 6.93. The first-order chi connectivity index (χ1) is 19.7. The molecule has 2 aromatic heterocycles. The SMILES string of the molecule is CN(C(=O)c1ccc(-c2nn[nH]n2)cc1)c1ccccc1.c1cc(-c2nn[nH]n2)ccc1OCC1CCCCC1. The van der Waals surface area contributed by atoms with E-state index in [1.807, 2.05) is 54.6 Å². The zero-order valence-corrected chi connectivity index (χ0v) is 22.3. The summed E-state index contributed by atoms with van der Waals surface area (Å²) in [5.74, 6) is 2.69. The number of tetrazole rings is 2. The van der Waals surface area contributed by atoms with Crippen molar-refractivity contribution in [2.45, 2.75) is 32.1 Å². The van der Waals surface area contributed by atoms with Gasteiger partial charge in [0.25, 0.3) is 5.91 Å². The van der Waals surface area contributed by atoms with Crippen LogP contribution >= 0.6 is 0 Å². The Morgan fingerprint density at radius 3 is 1.93 bits per heavy atom. The first kappa shape index (κ1) is 26.7. The zero-order chi connectivity index (χ0) is 27.6. The van der Waals surface area contributed by atoms with Crippen molar-refractivity contribution in [3.05, 3.63) is 84.4 Å². The highest BCUT2D eigenvalue weighted by Crippen LogP contribution is 2.25. The molecule has 11 nitrogen and oxygen atoms in total. The molecule has 204 valence electrons. The summed E-state index contributed by atoms with van der Waals surface area (Å²) in [5, 5.41) is 27.6. The molecule has 3 aromatic carbocycles. The number of anilines is 1. The maximum absolute atomic E-state index is 12.4. The first-order valence-corrected chi connectivity index (χ1v) is 13.3. The number of hydrogen-bond donors (Lipinski definition) is 2. The van der Waals surface area contributed by atoms with Gasteiger partial charge in [0, 0.05) is 29.4 Å². The third-order valence-electron chi connectivity index (χ3n) is 6.85. The van der Waals surface area contributed by atoms with Crippen LogP contribution in [0, 0.1) is 5.92 Å². The maximum atomic E-state index is 12.4. The topological polar surface area (TPSA) is 138 Å². The number of aromatic nitrogens is 8. The molecule has 0 saturated heterocycles. The van der Waals surface area contributed by atoms with Crippen LogP contribution in [0.1, 0.15) is 42.5 Å². The summed E-state index contributed by atoms with van der Waals surface area (Å²) >= 11 is 0. The fourth-order valence-electron chi connectivity index (χ4n) is 4.56. The molecule has 1 saturated carbocycles. The number of ether oxygens (including phenoxy) is 1. The molecule has 1 aliphatic carbocycles. The van der Waals surface area contributed by atoms with Gasteiger partial charge in [-0.05, 0) is 77.7 Å². The van der Waals surface area contributed by atoms with E-state index < -0.39 is 0 Å². The van der Waals surface area contributed by atoms with E-state index in [1.54, 1.807) is 36.2 Å². The minimum absolute atomic E-state index is 0.0686. The molecule has 0 atom stereocenters. The summed E-state index contributed by atoms with van der Waals surface area (Å²) in [6, 6.07) is 24.5. The molecule has 0 radical (unpaired) electrons. The number of benzene rings is 3. The number of carbonyl (C=O) groups is 1. The molecule has 40 heavy (non-hydrogen) atoms. The lowest BCUT2D eigenvalue weighted by molar-refractivity contribution is 0.0993. The Bertz CT molecular complexity index is 1430. The number of hydrogen-bond acceptors (Lipinski definition) is 8. The molecule has 5 aromatic rings. The number of aromatic amines is 2. The molecule has 6 rings (SSSR count). The van der Waals surface area contributed by atoms with Gasteiger partial charge < -0.3 is 9.64 Å². The third-order valence-corrected chi connectivity index (χ3v) is 6.85. The lowest BCUT2D eigenvalue weighted by Crippen LogP contribution is -2.25.